The van der Waals surface area contributed by atoms with E-state index in [4.69, 9.17) is 5.11 Å². The lowest BCUT2D eigenvalue weighted by Crippen LogP contribution is -2.03. The normalized spacial score (nSPS) is 9.56. The van der Waals surface area contributed by atoms with Crippen molar-refractivity contribution >= 4 is 16.9 Å². The van der Waals surface area contributed by atoms with E-state index >= 15 is 0 Å². The number of methoxy groups -OCH3 is 1. The minimum absolute atomic E-state index is 0.0356. The Morgan fingerprint density at radius 1 is 1.78 bits per heavy atom. The van der Waals surface area contributed by atoms with Crippen molar-refractivity contribution in [2.24, 2.45) is 0 Å². The first-order chi connectivity index (χ1) is 4.31. The van der Waals surface area contributed by atoms with E-state index in [9.17, 15) is 4.79 Å². The van der Waals surface area contributed by atoms with Crippen molar-refractivity contribution < 1.29 is 14.6 Å². The van der Waals surface area contributed by atoms with Gasteiger partial charge in [-0.25, -0.2) is 0 Å². The van der Waals surface area contributed by atoms with Crippen LogP contribution in [0, 0.1) is 0 Å². The van der Waals surface area contributed by atoms with Crippen LogP contribution in [-0.4, -0.2) is 36.3 Å². The van der Waals surface area contributed by atoms with Crippen molar-refractivity contribution in [3.8, 4) is 0 Å². The van der Waals surface area contributed by atoms with Crippen molar-refractivity contribution in [1.29, 1.82) is 0 Å². The summed E-state index contributed by atoms with van der Waals surface area (Å²) in [5, 5.41) is 8.23. The topological polar surface area (TPSA) is 46.5 Å². The molecule has 0 rings (SSSR count). The third-order valence-electron chi connectivity index (χ3n) is 0.617. The largest absolute Gasteiger partial charge is 0.396 e. The fourth-order valence-corrected chi connectivity index (χ4v) is 0.839. The quantitative estimate of drug-likeness (QED) is 0.607. The third-order valence-corrected chi connectivity index (χ3v) is 1.44. The Balaban J connectivity index is 3.06. The first-order valence-corrected chi connectivity index (χ1v) is 3.55. The number of carbonyl (C=O) groups is 1. The number of aliphatic hydroxyl groups is 1. The molecule has 0 fully saturated rings. The first kappa shape index (κ1) is 8.94. The third kappa shape index (κ3) is 5.82. The van der Waals surface area contributed by atoms with Crippen LogP contribution < -0.4 is 0 Å². The van der Waals surface area contributed by atoms with Crippen molar-refractivity contribution in [3.05, 3.63) is 0 Å². The molecule has 0 saturated carbocycles. The summed E-state index contributed by atoms with van der Waals surface area (Å²) in [6, 6.07) is 0. The minimum Gasteiger partial charge on any atom is -0.396 e. The highest BCUT2D eigenvalue weighted by atomic mass is 32.2. The number of aliphatic hydroxyl groups excluding tert-OH is 1. The molecule has 0 aliphatic rings. The van der Waals surface area contributed by atoms with Gasteiger partial charge < -0.3 is 9.84 Å². The summed E-state index contributed by atoms with van der Waals surface area (Å²) in [4.78, 5) is 10.5. The van der Waals surface area contributed by atoms with Crippen LogP contribution in [0.5, 0.6) is 0 Å². The van der Waals surface area contributed by atoms with Crippen LogP contribution in [0.4, 0.5) is 0 Å². The highest BCUT2D eigenvalue weighted by molar-refractivity contribution is 8.13. The van der Waals surface area contributed by atoms with Gasteiger partial charge in [0.25, 0.3) is 0 Å². The molecule has 3 nitrogen and oxygen atoms in total. The summed E-state index contributed by atoms with van der Waals surface area (Å²) in [6.07, 6.45) is 0. The molecule has 0 spiro atoms. The average molecular weight is 150 g/mol. The van der Waals surface area contributed by atoms with Gasteiger partial charge in [-0.1, -0.05) is 11.8 Å². The van der Waals surface area contributed by atoms with E-state index in [2.05, 4.69) is 4.74 Å². The Morgan fingerprint density at radius 3 is 2.89 bits per heavy atom. The molecular formula is C5H10O3S. The van der Waals surface area contributed by atoms with Crippen molar-refractivity contribution in [3.63, 3.8) is 0 Å². The zero-order chi connectivity index (χ0) is 7.11. The van der Waals surface area contributed by atoms with Crippen molar-refractivity contribution in [2.45, 2.75) is 0 Å². The summed E-state index contributed by atoms with van der Waals surface area (Å²) in [6.45, 7) is 0.171. The SMILES string of the molecule is COCC(=O)SCCO. The van der Waals surface area contributed by atoms with E-state index in [1.165, 1.54) is 7.11 Å². The number of ether oxygens (including phenoxy) is 1. The van der Waals surface area contributed by atoms with Crippen LogP contribution in [0.2, 0.25) is 0 Å². The molecule has 4 heteroatoms. The Bertz CT molecular complexity index is 84.3. The summed E-state index contributed by atoms with van der Waals surface area (Å²) in [5.41, 5.74) is 0. The number of rotatable bonds is 4. The van der Waals surface area contributed by atoms with Gasteiger partial charge in [0.05, 0.1) is 6.61 Å². The maximum atomic E-state index is 10.5. The molecule has 0 atom stereocenters. The number of hydrogen-bond acceptors (Lipinski definition) is 4. The fraction of sp³-hybridized carbons (Fsp3) is 0.800. The summed E-state index contributed by atoms with van der Waals surface area (Å²) < 4.78 is 4.55. The fourth-order valence-electron chi connectivity index (χ4n) is 0.319. The van der Waals surface area contributed by atoms with Gasteiger partial charge in [0.2, 0.25) is 5.12 Å². The van der Waals surface area contributed by atoms with E-state index in [1.807, 2.05) is 0 Å². The maximum Gasteiger partial charge on any atom is 0.214 e. The van der Waals surface area contributed by atoms with E-state index in [0.29, 0.717) is 5.75 Å². The minimum atomic E-state index is -0.0356. The molecule has 54 valence electrons. The molecular weight excluding hydrogens is 140 g/mol. The molecule has 0 aliphatic carbocycles. The highest BCUT2D eigenvalue weighted by Crippen LogP contribution is 1.99. The molecule has 9 heavy (non-hydrogen) atoms. The Hall–Kier alpha value is -0.0600. The predicted octanol–water partition coefficient (Wildman–Crippen LogP) is -0.115. The van der Waals surface area contributed by atoms with Crippen LogP contribution in [-0.2, 0) is 9.53 Å². The second kappa shape index (κ2) is 6.07. The number of thioether (sulfide) groups is 1. The monoisotopic (exact) mass is 150 g/mol. The summed E-state index contributed by atoms with van der Waals surface area (Å²) in [5.74, 6) is 0.461. The predicted molar refractivity (Wildman–Crippen MR) is 36.4 cm³/mol. The zero-order valence-corrected chi connectivity index (χ0v) is 6.11. The van der Waals surface area contributed by atoms with Gasteiger partial charge in [-0.2, -0.15) is 0 Å². The molecule has 1 N–H and O–H groups in total. The van der Waals surface area contributed by atoms with Gasteiger partial charge in [0.1, 0.15) is 6.61 Å². The number of hydrogen-bond donors (Lipinski definition) is 1. The van der Waals surface area contributed by atoms with E-state index in [1.54, 1.807) is 0 Å². The molecule has 0 aromatic carbocycles. The molecule has 0 radical (unpaired) electrons. The lowest BCUT2D eigenvalue weighted by atomic mass is 10.8. The van der Waals surface area contributed by atoms with E-state index < -0.39 is 0 Å². The standard InChI is InChI=1S/C5H10O3S/c1-8-4-5(7)9-3-2-6/h6H,2-4H2,1H3. The second-order valence-electron chi connectivity index (χ2n) is 1.38. The zero-order valence-electron chi connectivity index (χ0n) is 5.29. The van der Waals surface area contributed by atoms with Gasteiger partial charge in [0, 0.05) is 12.9 Å². The lowest BCUT2D eigenvalue weighted by molar-refractivity contribution is -0.114. The van der Waals surface area contributed by atoms with Crippen molar-refractivity contribution in [1.82, 2.24) is 0 Å². The molecule has 0 saturated heterocycles. The van der Waals surface area contributed by atoms with Gasteiger partial charge >= 0.3 is 0 Å². The lowest BCUT2D eigenvalue weighted by Gasteiger charge is -1.94. The van der Waals surface area contributed by atoms with E-state index in [0.717, 1.165) is 11.8 Å². The van der Waals surface area contributed by atoms with Crippen LogP contribution in [0.3, 0.4) is 0 Å². The Morgan fingerprint density at radius 2 is 2.44 bits per heavy atom. The van der Waals surface area contributed by atoms with Crippen LogP contribution >= 0.6 is 11.8 Å². The summed E-state index contributed by atoms with van der Waals surface area (Å²) >= 11 is 1.09. The molecule has 0 aliphatic heterocycles. The van der Waals surface area contributed by atoms with Crippen LogP contribution in [0.1, 0.15) is 0 Å². The van der Waals surface area contributed by atoms with Gasteiger partial charge in [0.15, 0.2) is 0 Å². The van der Waals surface area contributed by atoms with Crippen molar-refractivity contribution in [2.75, 3.05) is 26.1 Å². The molecule has 0 aromatic heterocycles. The first-order valence-electron chi connectivity index (χ1n) is 2.56. The Kier molecular flexibility index (Phi) is 6.03. The molecule has 0 unspecified atom stereocenters. The van der Waals surface area contributed by atoms with Gasteiger partial charge in [-0.15, -0.1) is 0 Å². The maximum absolute atomic E-state index is 10.5. The molecule has 0 amide bonds. The molecule has 0 aromatic rings. The molecule has 0 heterocycles. The number of carbonyl (C=O) groups excluding carboxylic acids is 1. The van der Waals surface area contributed by atoms with Gasteiger partial charge in [-0.05, 0) is 0 Å². The highest BCUT2D eigenvalue weighted by Gasteiger charge is 1.98. The molecule has 0 bridgehead atoms. The van der Waals surface area contributed by atoms with Crippen LogP contribution in [0.25, 0.3) is 0 Å². The Labute approximate surface area is 58.4 Å². The van der Waals surface area contributed by atoms with Crippen LogP contribution in [0.15, 0.2) is 0 Å². The smallest absolute Gasteiger partial charge is 0.214 e. The summed E-state index contributed by atoms with van der Waals surface area (Å²) in [7, 11) is 1.47. The second-order valence-corrected chi connectivity index (χ2v) is 2.53. The average Bonchev–Trinajstić information content (AvgIpc) is 1.85. The van der Waals surface area contributed by atoms with E-state index in [-0.39, 0.29) is 18.3 Å². The van der Waals surface area contributed by atoms with Gasteiger partial charge in [-0.3, -0.25) is 4.79 Å².